The number of nitrogens with one attached hydrogen (secondary N) is 2. The second-order valence-electron chi connectivity index (χ2n) is 5.42. The number of rotatable bonds is 2. The molecule has 7 heteroatoms. The summed E-state index contributed by atoms with van der Waals surface area (Å²) in [4.78, 5) is 7.77. The summed E-state index contributed by atoms with van der Waals surface area (Å²) in [7, 11) is 0. The maximum atomic E-state index is 6.28. The van der Waals surface area contributed by atoms with Crippen LogP contribution in [0.15, 0.2) is 5.38 Å². The number of hydrogen-bond donors (Lipinski definition) is 2. The number of anilines is 1. The van der Waals surface area contributed by atoms with Gasteiger partial charge in [0.15, 0.2) is 5.82 Å². The Morgan fingerprint density at radius 1 is 1.35 bits per heavy atom. The summed E-state index contributed by atoms with van der Waals surface area (Å²) in [6.07, 6.45) is 0. The molecule has 1 aliphatic heterocycles. The SMILES string of the molecule is Cc1csc(-c2nc(N3CC(C)NC(C)C3)n[nH]2)c1Cl. The van der Waals surface area contributed by atoms with Crippen molar-refractivity contribution >= 4 is 28.9 Å². The predicted molar refractivity (Wildman–Crippen MR) is 83.7 cm³/mol. The van der Waals surface area contributed by atoms with Gasteiger partial charge in [0, 0.05) is 25.2 Å². The van der Waals surface area contributed by atoms with Crippen LogP contribution in [0.1, 0.15) is 19.4 Å². The Bertz CT molecular complexity index is 598. The zero-order chi connectivity index (χ0) is 14.3. The van der Waals surface area contributed by atoms with Crippen LogP contribution in [0, 0.1) is 6.92 Å². The van der Waals surface area contributed by atoms with Crippen molar-refractivity contribution in [3.05, 3.63) is 16.0 Å². The van der Waals surface area contributed by atoms with Gasteiger partial charge in [-0.15, -0.1) is 16.4 Å². The van der Waals surface area contributed by atoms with Crippen LogP contribution >= 0.6 is 22.9 Å². The van der Waals surface area contributed by atoms with Crippen molar-refractivity contribution in [3.63, 3.8) is 0 Å². The van der Waals surface area contributed by atoms with E-state index in [0.717, 1.165) is 40.3 Å². The highest BCUT2D eigenvalue weighted by Crippen LogP contribution is 2.34. The Balaban J connectivity index is 1.85. The average Bonchev–Trinajstić information content (AvgIpc) is 2.97. The Morgan fingerprint density at radius 2 is 2.05 bits per heavy atom. The van der Waals surface area contributed by atoms with Gasteiger partial charge in [0.25, 0.3) is 0 Å². The van der Waals surface area contributed by atoms with E-state index in [1.807, 2.05) is 12.3 Å². The smallest absolute Gasteiger partial charge is 0.245 e. The molecule has 2 aromatic rings. The topological polar surface area (TPSA) is 56.8 Å². The van der Waals surface area contributed by atoms with Crippen LogP contribution in [-0.4, -0.2) is 40.4 Å². The second kappa shape index (κ2) is 5.35. The molecule has 0 spiro atoms. The molecule has 2 atom stereocenters. The fraction of sp³-hybridized carbons (Fsp3) is 0.538. The Labute approximate surface area is 127 Å². The third-order valence-corrected chi connectivity index (χ3v) is 5.13. The van der Waals surface area contributed by atoms with Crippen LogP contribution in [0.5, 0.6) is 0 Å². The van der Waals surface area contributed by atoms with Gasteiger partial charge in [-0.2, -0.15) is 4.98 Å². The first kappa shape index (κ1) is 13.9. The lowest BCUT2D eigenvalue weighted by molar-refractivity contribution is 0.403. The number of hydrogen-bond acceptors (Lipinski definition) is 5. The van der Waals surface area contributed by atoms with Crippen molar-refractivity contribution < 1.29 is 0 Å². The number of aromatic nitrogens is 3. The van der Waals surface area contributed by atoms with Crippen LogP contribution in [0.2, 0.25) is 5.02 Å². The summed E-state index contributed by atoms with van der Waals surface area (Å²) < 4.78 is 0. The van der Waals surface area contributed by atoms with Crippen LogP contribution in [-0.2, 0) is 0 Å². The maximum Gasteiger partial charge on any atom is 0.245 e. The van der Waals surface area contributed by atoms with Crippen LogP contribution in [0.25, 0.3) is 10.7 Å². The third kappa shape index (κ3) is 2.55. The van der Waals surface area contributed by atoms with Gasteiger partial charge in [0.2, 0.25) is 5.95 Å². The lowest BCUT2D eigenvalue weighted by Gasteiger charge is -2.35. The standard InChI is InChI=1S/C13H18ClN5S/c1-7-6-20-11(10(7)14)12-16-13(18-17-12)19-4-8(2)15-9(3)5-19/h6,8-9,15H,4-5H2,1-3H3,(H,16,17,18). The van der Waals surface area contributed by atoms with Gasteiger partial charge in [-0.3, -0.25) is 5.10 Å². The molecule has 1 aliphatic rings. The molecule has 1 saturated heterocycles. The van der Waals surface area contributed by atoms with Gasteiger partial charge in [-0.1, -0.05) is 11.6 Å². The van der Waals surface area contributed by atoms with E-state index in [4.69, 9.17) is 11.6 Å². The number of nitrogens with zero attached hydrogens (tertiary/aromatic N) is 3. The molecule has 3 heterocycles. The molecule has 0 saturated carbocycles. The molecule has 0 amide bonds. The van der Waals surface area contributed by atoms with E-state index in [2.05, 4.69) is 39.2 Å². The number of H-pyrrole nitrogens is 1. The minimum absolute atomic E-state index is 0.438. The number of aryl methyl sites for hydroxylation is 1. The molecule has 0 bridgehead atoms. The highest BCUT2D eigenvalue weighted by atomic mass is 35.5. The number of piperazine rings is 1. The summed E-state index contributed by atoms with van der Waals surface area (Å²) in [5.41, 5.74) is 1.08. The quantitative estimate of drug-likeness (QED) is 0.895. The summed E-state index contributed by atoms with van der Waals surface area (Å²) in [5, 5.41) is 13.7. The monoisotopic (exact) mass is 311 g/mol. The molecule has 0 aromatic carbocycles. The Kier molecular flexibility index (Phi) is 3.70. The van der Waals surface area contributed by atoms with E-state index in [-0.39, 0.29) is 0 Å². The highest BCUT2D eigenvalue weighted by Gasteiger charge is 2.24. The van der Waals surface area contributed by atoms with Crippen molar-refractivity contribution in [2.75, 3.05) is 18.0 Å². The number of halogens is 1. The molecule has 20 heavy (non-hydrogen) atoms. The molecule has 1 fully saturated rings. The van der Waals surface area contributed by atoms with Gasteiger partial charge in [0.1, 0.15) is 0 Å². The first-order valence-corrected chi connectivity index (χ1v) is 7.97. The Hall–Kier alpha value is -1.11. The highest BCUT2D eigenvalue weighted by molar-refractivity contribution is 7.14. The van der Waals surface area contributed by atoms with Crippen molar-refractivity contribution in [2.45, 2.75) is 32.9 Å². The first-order valence-electron chi connectivity index (χ1n) is 6.72. The van der Waals surface area contributed by atoms with E-state index >= 15 is 0 Å². The molecule has 3 rings (SSSR count). The minimum atomic E-state index is 0.438. The Morgan fingerprint density at radius 3 is 2.65 bits per heavy atom. The van der Waals surface area contributed by atoms with Crippen LogP contribution in [0.4, 0.5) is 5.95 Å². The molecular weight excluding hydrogens is 294 g/mol. The van der Waals surface area contributed by atoms with Gasteiger partial charge < -0.3 is 10.2 Å². The summed E-state index contributed by atoms with van der Waals surface area (Å²) in [6, 6.07) is 0.876. The zero-order valence-corrected chi connectivity index (χ0v) is 13.3. The second-order valence-corrected chi connectivity index (χ2v) is 6.68. The predicted octanol–water partition coefficient (Wildman–Crippen LogP) is 2.68. The summed E-state index contributed by atoms with van der Waals surface area (Å²) in [5.74, 6) is 1.50. The van der Waals surface area contributed by atoms with Crippen molar-refractivity contribution in [1.82, 2.24) is 20.5 Å². The average molecular weight is 312 g/mol. The molecule has 2 unspecified atom stereocenters. The summed E-state index contributed by atoms with van der Waals surface area (Å²) >= 11 is 7.88. The molecule has 5 nitrogen and oxygen atoms in total. The first-order chi connectivity index (χ1) is 9.54. The van der Waals surface area contributed by atoms with Gasteiger partial charge in [0.05, 0.1) is 9.90 Å². The molecule has 2 N–H and O–H groups in total. The van der Waals surface area contributed by atoms with Crippen LogP contribution < -0.4 is 10.2 Å². The van der Waals surface area contributed by atoms with Crippen molar-refractivity contribution in [1.29, 1.82) is 0 Å². The fourth-order valence-electron chi connectivity index (χ4n) is 2.58. The molecule has 108 valence electrons. The van der Waals surface area contributed by atoms with Crippen molar-refractivity contribution in [3.8, 4) is 10.7 Å². The lowest BCUT2D eigenvalue weighted by Crippen LogP contribution is -2.54. The normalized spacial score (nSPS) is 23.3. The van der Waals surface area contributed by atoms with Gasteiger partial charge in [-0.05, 0) is 31.7 Å². The van der Waals surface area contributed by atoms with Crippen LogP contribution in [0.3, 0.4) is 0 Å². The zero-order valence-electron chi connectivity index (χ0n) is 11.8. The maximum absolute atomic E-state index is 6.28. The van der Waals surface area contributed by atoms with E-state index in [1.165, 1.54) is 0 Å². The van der Waals surface area contributed by atoms with Crippen molar-refractivity contribution in [2.24, 2.45) is 0 Å². The third-order valence-electron chi connectivity index (χ3n) is 3.43. The largest absolute Gasteiger partial charge is 0.336 e. The molecule has 0 radical (unpaired) electrons. The van der Waals surface area contributed by atoms with Gasteiger partial charge >= 0.3 is 0 Å². The van der Waals surface area contributed by atoms with E-state index < -0.39 is 0 Å². The number of thiophene rings is 1. The van der Waals surface area contributed by atoms with E-state index in [1.54, 1.807) is 11.3 Å². The fourth-order valence-corrected chi connectivity index (χ4v) is 3.80. The minimum Gasteiger partial charge on any atom is -0.336 e. The lowest BCUT2D eigenvalue weighted by atomic mass is 10.1. The van der Waals surface area contributed by atoms with E-state index in [9.17, 15) is 0 Å². The van der Waals surface area contributed by atoms with E-state index in [0.29, 0.717) is 12.1 Å². The summed E-state index contributed by atoms with van der Waals surface area (Å²) in [6.45, 7) is 8.18. The van der Waals surface area contributed by atoms with Gasteiger partial charge in [-0.25, -0.2) is 0 Å². The molecular formula is C13H18ClN5S. The molecule has 2 aromatic heterocycles. The molecule has 0 aliphatic carbocycles. The number of aromatic amines is 1.